The molecule has 10 heteroatoms. The molecule has 0 amide bonds. The Hall–Kier alpha value is -0.250. The molecule has 0 aliphatic heterocycles. The minimum atomic E-state index is -4.12. The highest BCUT2D eigenvalue weighted by Gasteiger charge is 2.64. The lowest BCUT2D eigenvalue weighted by Gasteiger charge is -2.42. The molecule has 0 aliphatic rings. The fraction of sp³-hybridized carbons (Fsp3) is 0.917. The Bertz CT molecular complexity index is 479. The molecule has 0 spiro atoms. The number of rotatable bonds is 9. The van der Waals surface area contributed by atoms with Crippen molar-refractivity contribution in [2.75, 3.05) is 27.4 Å². The average molecular weight is 357 g/mol. The number of hydrogen-bond donors (Lipinski definition) is 0. The standard InChI is InChI=1S/C12H25NO7P2/c1-8-18-21(14,19-9-2)12(10-13,11(3,4)5)20-22(15,16-6)17-7/h8-9H2,1-7H3. The largest absolute Gasteiger partial charge is 0.476 e. The second kappa shape index (κ2) is 8.03. The molecule has 0 aromatic carbocycles. The second-order valence-electron chi connectivity index (χ2n) is 5.24. The number of phosphoric acid groups is 1. The molecule has 22 heavy (non-hydrogen) atoms. The first-order valence-electron chi connectivity index (χ1n) is 6.74. The van der Waals surface area contributed by atoms with Gasteiger partial charge < -0.3 is 9.05 Å². The molecule has 130 valence electrons. The third-order valence-electron chi connectivity index (χ3n) is 2.84. The molecule has 0 radical (unpaired) electrons. The van der Waals surface area contributed by atoms with Crippen molar-refractivity contribution in [2.24, 2.45) is 5.41 Å². The monoisotopic (exact) mass is 357 g/mol. The van der Waals surface area contributed by atoms with E-state index in [0.717, 1.165) is 14.2 Å². The molecule has 0 aromatic rings. The van der Waals surface area contributed by atoms with Crippen molar-refractivity contribution in [1.29, 1.82) is 5.26 Å². The molecule has 1 unspecified atom stereocenters. The molecule has 0 fully saturated rings. The maximum absolute atomic E-state index is 13.2. The molecule has 0 rings (SSSR count). The minimum absolute atomic E-state index is 0.0183. The second-order valence-corrected chi connectivity index (χ2v) is 9.19. The smallest absolute Gasteiger partial charge is 0.306 e. The van der Waals surface area contributed by atoms with Crippen LogP contribution in [0, 0.1) is 16.7 Å². The van der Waals surface area contributed by atoms with E-state index in [1.54, 1.807) is 34.6 Å². The van der Waals surface area contributed by atoms with Crippen molar-refractivity contribution in [3.63, 3.8) is 0 Å². The van der Waals surface area contributed by atoms with Gasteiger partial charge >= 0.3 is 15.4 Å². The Kier molecular flexibility index (Phi) is 7.94. The number of nitrogens with zero attached hydrogens (tertiary/aromatic N) is 1. The van der Waals surface area contributed by atoms with Gasteiger partial charge in [0.05, 0.1) is 13.2 Å². The van der Waals surface area contributed by atoms with E-state index in [1.807, 2.05) is 6.07 Å². The van der Waals surface area contributed by atoms with Gasteiger partial charge in [0.25, 0.3) is 5.34 Å². The molecule has 0 saturated heterocycles. The minimum Gasteiger partial charge on any atom is -0.306 e. The molecule has 0 bridgehead atoms. The van der Waals surface area contributed by atoms with Crippen LogP contribution < -0.4 is 0 Å². The van der Waals surface area contributed by atoms with Crippen molar-refractivity contribution in [3.8, 4) is 6.07 Å². The Balaban J connectivity index is 6.30. The Labute approximate surface area is 132 Å². The maximum atomic E-state index is 13.2. The van der Waals surface area contributed by atoms with E-state index in [9.17, 15) is 14.4 Å². The zero-order chi connectivity index (χ0) is 17.7. The lowest BCUT2D eigenvalue weighted by Crippen LogP contribution is -2.44. The van der Waals surface area contributed by atoms with Gasteiger partial charge in [-0.3, -0.25) is 18.1 Å². The molecule has 0 saturated carbocycles. The molecule has 1 atom stereocenters. The summed E-state index contributed by atoms with van der Waals surface area (Å²) in [6, 6.07) is 1.82. The molecule has 0 aliphatic carbocycles. The van der Waals surface area contributed by atoms with Crippen molar-refractivity contribution in [2.45, 2.75) is 40.0 Å². The zero-order valence-corrected chi connectivity index (χ0v) is 15.9. The lowest BCUT2D eigenvalue weighted by atomic mass is 9.89. The van der Waals surface area contributed by atoms with Crippen LogP contribution in [0.3, 0.4) is 0 Å². The fourth-order valence-electron chi connectivity index (χ4n) is 1.72. The molecular weight excluding hydrogens is 332 g/mol. The van der Waals surface area contributed by atoms with E-state index in [1.165, 1.54) is 0 Å². The first-order valence-corrected chi connectivity index (χ1v) is 9.74. The van der Waals surface area contributed by atoms with Crippen molar-refractivity contribution >= 4 is 15.4 Å². The van der Waals surface area contributed by atoms with Gasteiger partial charge in [-0.15, -0.1) is 0 Å². The Morgan fingerprint density at radius 1 is 1.00 bits per heavy atom. The van der Waals surface area contributed by atoms with Crippen LogP contribution in [-0.2, 0) is 31.7 Å². The lowest BCUT2D eigenvalue weighted by molar-refractivity contribution is 0.0143. The van der Waals surface area contributed by atoms with Crippen LogP contribution in [0.15, 0.2) is 0 Å². The van der Waals surface area contributed by atoms with E-state index >= 15 is 0 Å². The van der Waals surface area contributed by atoms with E-state index in [-0.39, 0.29) is 13.2 Å². The quantitative estimate of drug-likeness (QED) is 0.572. The molecule has 0 heterocycles. The normalized spacial score (nSPS) is 16.1. The van der Waals surface area contributed by atoms with Crippen LogP contribution in [0.1, 0.15) is 34.6 Å². The summed E-state index contributed by atoms with van der Waals surface area (Å²) in [5, 5.41) is 7.54. The summed E-state index contributed by atoms with van der Waals surface area (Å²) in [6.45, 7) is 8.02. The van der Waals surface area contributed by atoms with Crippen LogP contribution in [0.5, 0.6) is 0 Å². The summed E-state index contributed by atoms with van der Waals surface area (Å²) >= 11 is 0. The molecule has 0 N–H and O–H groups in total. The molecular formula is C12H25NO7P2. The van der Waals surface area contributed by atoms with Crippen molar-refractivity contribution < 1.29 is 31.7 Å². The van der Waals surface area contributed by atoms with Crippen molar-refractivity contribution in [1.82, 2.24) is 0 Å². The topological polar surface area (TPSA) is 104 Å². The van der Waals surface area contributed by atoms with Crippen LogP contribution in [0.2, 0.25) is 0 Å². The van der Waals surface area contributed by atoms with E-state index in [2.05, 4.69) is 0 Å². The van der Waals surface area contributed by atoms with Gasteiger partial charge in [-0.25, -0.2) is 4.57 Å². The third-order valence-corrected chi connectivity index (χ3v) is 7.21. The van der Waals surface area contributed by atoms with Gasteiger partial charge in [0.1, 0.15) is 6.07 Å². The van der Waals surface area contributed by atoms with Gasteiger partial charge in [0.2, 0.25) is 0 Å². The van der Waals surface area contributed by atoms with E-state index in [4.69, 9.17) is 22.6 Å². The predicted octanol–water partition coefficient (Wildman–Crippen LogP) is 3.94. The van der Waals surface area contributed by atoms with Gasteiger partial charge in [-0.1, -0.05) is 20.8 Å². The average Bonchev–Trinajstić information content (AvgIpc) is 2.43. The summed E-state index contributed by atoms with van der Waals surface area (Å²) in [6.07, 6.45) is 0. The fourth-order valence-corrected chi connectivity index (χ4v) is 5.42. The Morgan fingerprint density at radius 3 is 1.64 bits per heavy atom. The predicted molar refractivity (Wildman–Crippen MR) is 81.4 cm³/mol. The number of nitriles is 1. The van der Waals surface area contributed by atoms with Crippen LogP contribution in [0.4, 0.5) is 0 Å². The first-order chi connectivity index (χ1) is 10.0. The summed E-state index contributed by atoms with van der Waals surface area (Å²) in [5.74, 6) is 0. The molecule has 8 nitrogen and oxygen atoms in total. The number of phosphoric ester groups is 1. The van der Waals surface area contributed by atoms with E-state index in [0.29, 0.717) is 0 Å². The highest BCUT2D eigenvalue weighted by Crippen LogP contribution is 2.71. The Morgan fingerprint density at radius 2 is 1.41 bits per heavy atom. The van der Waals surface area contributed by atoms with Gasteiger partial charge in [-0.05, 0) is 13.8 Å². The highest BCUT2D eigenvalue weighted by molar-refractivity contribution is 7.57. The van der Waals surface area contributed by atoms with Crippen LogP contribution in [-0.4, -0.2) is 32.8 Å². The summed E-state index contributed by atoms with van der Waals surface area (Å²) in [4.78, 5) is 0. The number of hydrogen-bond acceptors (Lipinski definition) is 8. The van der Waals surface area contributed by atoms with E-state index < -0.39 is 26.2 Å². The van der Waals surface area contributed by atoms with Gasteiger partial charge in [-0.2, -0.15) is 5.26 Å². The first kappa shape index (κ1) is 21.8. The summed E-state index contributed by atoms with van der Waals surface area (Å²) < 4.78 is 50.8. The molecule has 0 aromatic heterocycles. The maximum Gasteiger partial charge on any atom is 0.476 e. The third kappa shape index (κ3) is 4.18. The SMILES string of the molecule is CCOP(=O)(OCC)C(C#N)(OP(=O)(OC)OC)C(C)(C)C. The van der Waals surface area contributed by atoms with Gasteiger partial charge in [0.15, 0.2) is 0 Å². The summed E-state index contributed by atoms with van der Waals surface area (Å²) in [7, 11) is -6.04. The van der Waals surface area contributed by atoms with Gasteiger partial charge in [0, 0.05) is 19.6 Å². The van der Waals surface area contributed by atoms with Crippen molar-refractivity contribution in [3.05, 3.63) is 0 Å². The zero-order valence-electron chi connectivity index (χ0n) is 14.1. The van der Waals surface area contributed by atoms with Crippen LogP contribution >= 0.6 is 15.4 Å². The summed E-state index contributed by atoms with van der Waals surface area (Å²) in [5.41, 5.74) is -1.08. The highest BCUT2D eigenvalue weighted by atomic mass is 31.2. The van der Waals surface area contributed by atoms with Crippen LogP contribution in [0.25, 0.3) is 0 Å².